The van der Waals surface area contributed by atoms with E-state index >= 15 is 0 Å². The topological polar surface area (TPSA) is 75.4 Å². The van der Waals surface area contributed by atoms with Gasteiger partial charge in [-0.15, -0.1) is 0 Å². The second kappa shape index (κ2) is 7.31. The predicted octanol–water partition coefficient (Wildman–Crippen LogP) is 2.52. The van der Waals surface area contributed by atoms with Crippen molar-refractivity contribution in [3.05, 3.63) is 28.2 Å². The van der Waals surface area contributed by atoms with E-state index in [1.807, 2.05) is 11.8 Å². The van der Waals surface area contributed by atoms with Gasteiger partial charge in [0, 0.05) is 5.92 Å². The molecule has 1 aliphatic rings. The third-order valence-electron chi connectivity index (χ3n) is 4.07. The molecule has 0 aromatic heterocycles. The van der Waals surface area contributed by atoms with Gasteiger partial charge in [0.15, 0.2) is 0 Å². The first-order valence-electron chi connectivity index (χ1n) is 7.18. The molecule has 1 atom stereocenters. The molecule has 1 aromatic carbocycles. The van der Waals surface area contributed by atoms with Gasteiger partial charge in [0.25, 0.3) is 0 Å². The summed E-state index contributed by atoms with van der Waals surface area (Å²) in [5.41, 5.74) is 5.82. The fraction of sp³-hybridized carbons (Fsp3) is 0.467. The number of halogens is 2. The van der Waals surface area contributed by atoms with Crippen molar-refractivity contribution in [3.63, 3.8) is 0 Å². The summed E-state index contributed by atoms with van der Waals surface area (Å²) >= 11 is 12.0. The number of nitrogens with two attached hydrogens (primary N) is 1. The zero-order valence-electron chi connectivity index (χ0n) is 12.3. The fourth-order valence-electron chi connectivity index (χ4n) is 2.57. The molecule has 0 aliphatic carbocycles. The van der Waals surface area contributed by atoms with Gasteiger partial charge < -0.3 is 11.1 Å². The van der Waals surface area contributed by atoms with Gasteiger partial charge in [0.2, 0.25) is 11.8 Å². The van der Waals surface area contributed by atoms with Crippen LogP contribution in [0.1, 0.15) is 19.8 Å². The molecule has 1 aliphatic heterocycles. The summed E-state index contributed by atoms with van der Waals surface area (Å²) in [5.74, 6) is -0.502. The normalized spacial score (nSPS) is 18.0. The molecule has 5 nitrogen and oxygen atoms in total. The van der Waals surface area contributed by atoms with E-state index in [1.165, 1.54) is 0 Å². The van der Waals surface area contributed by atoms with E-state index in [0.29, 0.717) is 41.7 Å². The lowest BCUT2D eigenvalue weighted by Gasteiger charge is -2.34. The van der Waals surface area contributed by atoms with Gasteiger partial charge in [-0.1, -0.05) is 29.3 Å². The molecule has 1 saturated heterocycles. The summed E-state index contributed by atoms with van der Waals surface area (Å²) in [5, 5.41) is 3.52. The monoisotopic (exact) mass is 343 g/mol. The van der Waals surface area contributed by atoms with Crippen molar-refractivity contribution >= 4 is 40.7 Å². The minimum Gasteiger partial charge on any atom is -0.369 e. The Bertz CT molecular complexity index is 572. The third kappa shape index (κ3) is 3.91. The van der Waals surface area contributed by atoms with Crippen LogP contribution in [0.3, 0.4) is 0 Å². The molecular formula is C15H19Cl2N3O2. The van der Waals surface area contributed by atoms with Crippen LogP contribution >= 0.6 is 23.2 Å². The standard InChI is InChI=1S/C15H19Cl2N3O2/c1-9(20-7-5-10(6-8-20)14(18)21)15(22)19-12-4-2-3-11(16)13(12)17/h2-4,9-10H,5-8H2,1H3,(H2,18,21)(H,19,22). The average Bonchev–Trinajstić information content (AvgIpc) is 2.51. The van der Waals surface area contributed by atoms with Crippen molar-refractivity contribution in [3.8, 4) is 0 Å². The largest absolute Gasteiger partial charge is 0.369 e. The van der Waals surface area contributed by atoms with Crippen LogP contribution in [0.5, 0.6) is 0 Å². The number of nitrogens with one attached hydrogen (secondary N) is 1. The number of benzene rings is 1. The third-order valence-corrected chi connectivity index (χ3v) is 4.89. The average molecular weight is 344 g/mol. The summed E-state index contributed by atoms with van der Waals surface area (Å²) in [6.07, 6.45) is 1.37. The van der Waals surface area contributed by atoms with Crippen molar-refractivity contribution in [2.75, 3.05) is 18.4 Å². The SMILES string of the molecule is CC(C(=O)Nc1cccc(Cl)c1Cl)N1CCC(C(N)=O)CC1. The highest BCUT2D eigenvalue weighted by Crippen LogP contribution is 2.30. The summed E-state index contributed by atoms with van der Waals surface area (Å²) in [7, 11) is 0. The van der Waals surface area contributed by atoms with E-state index in [4.69, 9.17) is 28.9 Å². The zero-order chi connectivity index (χ0) is 16.3. The van der Waals surface area contributed by atoms with E-state index in [-0.39, 0.29) is 23.8 Å². The van der Waals surface area contributed by atoms with Crippen molar-refractivity contribution in [2.45, 2.75) is 25.8 Å². The second-order valence-electron chi connectivity index (χ2n) is 5.48. The zero-order valence-corrected chi connectivity index (χ0v) is 13.8. The van der Waals surface area contributed by atoms with Crippen LogP contribution in [0.25, 0.3) is 0 Å². The lowest BCUT2D eigenvalue weighted by molar-refractivity contribution is -0.124. The van der Waals surface area contributed by atoms with E-state index in [9.17, 15) is 9.59 Å². The minimum atomic E-state index is -0.316. The maximum atomic E-state index is 12.3. The molecular weight excluding hydrogens is 325 g/mol. The number of carbonyl (C=O) groups is 2. The smallest absolute Gasteiger partial charge is 0.241 e. The van der Waals surface area contributed by atoms with Gasteiger partial charge in [0.05, 0.1) is 21.8 Å². The van der Waals surface area contributed by atoms with Crippen LogP contribution in [0.15, 0.2) is 18.2 Å². The number of piperidine rings is 1. The van der Waals surface area contributed by atoms with Gasteiger partial charge in [-0.05, 0) is 45.0 Å². The van der Waals surface area contributed by atoms with Gasteiger partial charge in [-0.2, -0.15) is 0 Å². The molecule has 3 N–H and O–H groups in total. The van der Waals surface area contributed by atoms with E-state index in [0.717, 1.165) is 0 Å². The molecule has 2 amide bonds. The van der Waals surface area contributed by atoms with Crippen molar-refractivity contribution in [1.82, 2.24) is 4.90 Å². The molecule has 2 rings (SSSR count). The first kappa shape index (κ1) is 17.1. The van der Waals surface area contributed by atoms with Gasteiger partial charge in [-0.3, -0.25) is 14.5 Å². The first-order valence-corrected chi connectivity index (χ1v) is 7.94. The van der Waals surface area contributed by atoms with Crippen molar-refractivity contribution < 1.29 is 9.59 Å². The number of hydrogen-bond donors (Lipinski definition) is 2. The van der Waals surface area contributed by atoms with Crippen LogP contribution in [0.4, 0.5) is 5.69 Å². The Kier molecular flexibility index (Phi) is 5.67. The van der Waals surface area contributed by atoms with Gasteiger partial charge in [-0.25, -0.2) is 0 Å². The van der Waals surface area contributed by atoms with Crippen LogP contribution in [-0.2, 0) is 9.59 Å². The molecule has 22 heavy (non-hydrogen) atoms. The highest BCUT2D eigenvalue weighted by molar-refractivity contribution is 6.44. The van der Waals surface area contributed by atoms with Crippen LogP contribution in [0.2, 0.25) is 10.0 Å². The van der Waals surface area contributed by atoms with E-state index in [1.54, 1.807) is 18.2 Å². The molecule has 1 unspecified atom stereocenters. The number of carbonyl (C=O) groups excluding carboxylic acids is 2. The first-order chi connectivity index (χ1) is 10.4. The second-order valence-corrected chi connectivity index (χ2v) is 6.26. The predicted molar refractivity (Wildman–Crippen MR) is 88.0 cm³/mol. The highest BCUT2D eigenvalue weighted by Gasteiger charge is 2.28. The number of hydrogen-bond acceptors (Lipinski definition) is 3. The van der Waals surface area contributed by atoms with Crippen LogP contribution in [-0.4, -0.2) is 35.8 Å². The molecule has 1 fully saturated rings. The Morgan fingerprint density at radius 1 is 1.32 bits per heavy atom. The lowest BCUT2D eigenvalue weighted by atomic mass is 9.95. The van der Waals surface area contributed by atoms with Gasteiger partial charge >= 0.3 is 0 Å². The summed E-state index contributed by atoms with van der Waals surface area (Å²) < 4.78 is 0. The number of amides is 2. The number of anilines is 1. The highest BCUT2D eigenvalue weighted by atomic mass is 35.5. The van der Waals surface area contributed by atoms with Crippen molar-refractivity contribution in [2.24, 2.45) is 11.7 Å². The van der Waals surface area contributed by atoms with Crippen LogP contribution in [0, 0.1) is 5.92 Å². The van der Waals surface area contributed by atoms with E-state index in [2.05, 4.69) is 5.32 Å². The Labute approximate surface area is 139 Å². The Morgan fingerprint density at radius 3 is 2.55 bits per heavy atom. The molecule has 7 heteroatoms. The number of rotatable bonds is 4. The summed E-state index contributed by atoms with van der Waals surface area (Å²) in [6.45, 7) is 3.18. The number of primary amides is 1. The van der Waals surface area contributed by atoms with Crippen molar-refractivity contribution in [1.29, 1.82) is 0 Å². The quantitative estimate of drug-likeness (QED) is 0.881. The number of likely N-dealkylation sites (tertiary alicyclic amines) is 1. The minimum absolute atomic E-state index is 0.0890. The molecule has 120 valence electrons. The number of nitrogens with zero attached hydrogens (tertiary/aromatic N) is 1. The maximum Gasteiger partial charge on any atom is 0.241 e. The summed E-state index contributed by atoms with van der Waals surface area (Å²) in [4.78, 5) is 25.6. The Balaban J connectivity index is 1.95. The Morgan fingerprint density at radius 2 is 1.95 bits per heavy atom. The summed E-state index contributed by atoms with van der Waals surface area (Å²) in [6, 6.07) is 4.78. The van der Waals surface area contributed by atoms with Crippen LogP contribution < -0.4 is 11.1 Å². The Hall–Kier alpha value is -1.30. The fourth-order valence-corrected chi connectivity index (χ4v) is 2.92. The van der Waals surface area contributed by atoms with Gasteiger partial charge in [0.1, 0.15) is 0 Å². The molecule has 1 heterocycles. The molecule has 0 saturated carbocycles. The van der Waals surface area contributed by atoms with E-state index < -0.39 is 0 Å². The molecule has 0 spiro atoms. The lowest BCUT2D eigenvalue weighted by Crippen LogP contribution is -2.47. The molecule has 0 bridgehead atoms. The molecule has 0 radical (unpaired) electrons. The molecule has 1 aromatic rings. The maximum absolute atomic E-state index is 12.3.